The number of esters is 3. The molecule has 0 radical (unpaired) electrons. The molecule has 0 spiro atoms. The van der Waals surface area contributed by atoms with Gasteiger partial charge in [0.1, 0.15) is 13.2 Å². The first-order valence-electron chi connectivity index (χ1n) is 31.8. The molecule has 0 aromatic carbocycles. The summed E-state index contributed by atoms with van der Waals surface area (Å²) in [5, 5.41) is 0. The molecule has 0 fully saturated rings. The molecule has 1 atom stereocenters. The van der Waals surface area contributed by atoms with E-state index in [-0.39, 0.29) is 31.1 Å². The van der Waals surface area contributed by atoms with Crippen molar-refractivity contribution in [2.75, 3.05) is 13.2 Å². The van der Waals surface area contributed by atoms with Crippen LogP contribution in [0.15, 0.2) is 60.8 Å². The van der Waals surface area contributed by atoms with E-state index in [9.17, 15) is 14.4 Å². The highest BCUT2D eigenvalue weighted by atomic mass is 16.6. The second kappa shape index (κ2) is 61.7. The van der Waals surface area contributed by atoms with Crippen molar-refractivity contribution in [2.24, 2.45) is 0 Å². The number of allylic oxidation sites excluding steroid dienone is 10. The maximum absolute atomic E-state index is 12.8. The van der Waals surface area contributed by atoms with Crippen LogP contribution in [-0.4, -0.2) is 37.2 Å². The molecule has 6 heteroatoms. The van der Waals surface area contributed by atoms with Crippen molar-refractivity contribution in [1.29, 1.82) is 0 Å². The van der Waals surface area contributed by atoms with Crippen molar-refractivity contribution >= 4 is 17.9 Å². The first kappa shape index (κ1) is 70.1. The van der Waals surface area contributed by atoms with Crippen molar-refractivity contribution in [1.82, 2.24) is 0 Å². The van der Waals surface area contributed by atoms with Crippen LogP contribution in [0.4, 0.5) is 0 Å². The quantitative estimate of drug-likeness (QED) is 0.0261. The van der Waals surface area contributed by atoms with Crippen LogP contribution >= 0.6 is 0 Å². The van der Waals surface area contributed by atoms with E-state index in [1.807, 2.05) is 0 Å². The molecule has 0 aliphatic rings. The van der Waals surface area contributed by atoms with E-state index < -0.39 is 6.10 Å². The Labute approximate surface area is 453 Å². The average molecular weight is 1020 g/mol. The van der Waals surface area contributed by atoms with Crippen molar-refractivity contribution in [3.05, 3.63) is 60.8 Å². The number of carbonyl (C=O) groups excluding carboxylic acids is 3. The molecule has 424 valence electrons. The first-order chi connectivity index (χ1) is 36.0. The van der Waals surface area contributed by atoms with Crippen LogP contribution in [0.1, 0.15) is 329 Å². The number of rotatable bonds is 58. The predicted octanol–water partition coefficient (Wildman–Crippen LogP) is 21.6. The van der Waals surface area contributed by atoms with Gasteiger partial charge in [0.25, 0.3) is 0 Å². The molecule has 0 heterocycles. The van der Waals surface area contributed by atoms with Gasteiger partial charge in [-0.2, -0.15) is 0 Å². The second-order valence-electron chi connectivity index (χ2n) is 21.3. The summed E-state index contributed by atoms with van der Waals surface area (Å²) in [5.41, 5.74) is 0. The highest BCUT2D eigenvalue weighted by molar-refractivity contribution is 5.71. The lowest BCUT2D eigenvalue weighted by molar-refractivity contribution is -0.167. The lowest BCUT2D eigenvalue weighted by Gasteiger charge is -2.18. The van der Waals surface area contributed by atoms with Crippen LogP contribution in [0, 0.1) is 0 Å². The maximum atomic E-state index is 12.8. The Morgan fingerprint density at radius 2 is 0.548 bits per heavy atom. The Balaban J connectivity index is 4.15. The smallest absolute Gasteiger partial charge is 0.306 e. The fourth-order valence-electron chi connectivity index (χ4n) is 9.20. The Bertz CT molecular complexity index is 1310. The van der Waals surface area contributed by atoms with E-state index in [1.165, 1.54) is 186 Å². The van der Waals surface area contributed by atoms with Gasteiger partial charge in [-0.25, -0.2) is 0 Å². The summed E-state index contributed by atoms with van der Waals surface area (Å²) >= 11 is 0. The molecule has 0 aromatic heterocycles. The van der Waals surface area contributed by atoms with Gasteiger partial charge >= 0.3 is 17.9 Å². The molecular formula is C67H120O6. The molecule has 1 unspecified atom stereocenters. The first-order valence-corrected chi connectivity index (χ1v) is 31.8. The summed E-state index contributed by atoms with van der Waals surface area (Å²) in [4.78, 5) is 38.2. The standard InChI is InChI=1S/C67H120O6/c1-4-7-10-13-16-19-22-24-26-27-28-29-30-31-32-33-34-35-36-37-38-39-41-42-45-48-51-54-57-60-66(69)72-63-64(62-71-65(68)59-56-53-50-47-44-21-18-15-12-9-6-3)73-67(70)61-58-55-52-49-46-43-40-25-23-20-17-14-11-8-5-2/h8,11,15,17-18,20,25,27-28,40,64H,4-7,9-10,12-14,16,19,21-24,26,29-39,41-63H2,1-3H3/b11-8-,18-15-,20-17-,28-27-,40-25-. The topological polar surface area (TPSA) is 78.9 Å². The summed E-state index contributed by atoms with van der Waals surface area (Å²) < 4.78 is 16.9. The van der Waals surface area contributed by atoms with E-state index >= 15 is 0 Å². The number of unbranched alkanes of at least 4 members (excludes halogenated alkanes) is 37. The molecule has 0 N–H and O–H groups in total. The van der Waals surface area contributed by atoms with E-state index in [1.54, 1.807) is 0 Å². The Morgan fingerprint density at radius 3 is 0.890 bits per heavy atom. The number of hydrogen-bond acceptors (Lipinski definition) is 6. The molecule has 0 bridgehead atoms. The van der Waals surface area contributed by atoms with Crippen LogP contribution in [0.3, 0.4) is 0 Å². The van der Waals surface area contributed by atoms with Gasteiger partial charge in [0.15, 0.2) is 6.10 Å². The summed E-state index contributed by atoms with van der Waals surface area (Å²) in [6.45, 7) is 6.50. The van der Waals surface area contributed by atoms with Crippen LogP contribution in [-0.2, 0) is 28.6 Å². The number of hydrogen-bond donors (Lipinski definition) is 0. The fourth-order valence-corrected chi connectivity index (χ4v) is 9.20. The maximum Gasteiger partial charge on any atom is 0.306 e. The molecule has 73 heavy (non-hydrogen) atoms. The zero-order valence-electron chi connectivity index (χ0n) is 48.7. The van der Waals surface area contributed by atoms with Gasteiger partial charge in [0, 0.05) is 19.3 Å². The van der Waals surface area contributed by atoms with Gasteiger partial charge in [-0.1, -0.05) is 274 Å². The zero-order valence-corrected chi connectivity index (χ0v) is 48.7. The summed E-state index contributed by atoms with van der Waals surface area (Å²) in [6.07, 6.45) is 78.2. The number of carbonyl (C=O) groups is 3. The molecular weight excluding hydrogens is 901 g/mol. The largest absolute Gasteiger partial charge is 0.462 e. The molecule has 0 aliphatic carbocycles. The zero-order chi connectivity index (χ0) is 52.9. The second-order valence-corrected chi connectivity index (χ2v) is 21.3. The van der Waals surface area contributed by atoms with Gasteiger partial charge in [-0.05, 0) is 96.3 Å². The van der Waals surface area contributed by atoms with E-state index in [2.05, 4.69) is 81.5 Å². The molecule has 0 amide bonds. The minimum Gasteiger partial charge on any atom is -0.462 e. The Hall–Kier alpha value is -2.89. The molecule has 0 aliphatic heterocycles. The van der Waals surface area contributed by atoms with Crippen molar-refractivity contribution in [3.63, 3.8) is 0 Å². The normalized spacial score (nSPS) is 12.4. The minimum absolute atomic E-state index is 0.0817. The van der Waals surface area contributed by atoms with Crippen LogP contribution < -0.4 is 0 Å². The molecule has 6 nitrogen and oxygen atoms in total. The summed E-state index contributed by atoms with van der Waals surface area (Å²) in [6, 6.07) is 0. The third-order valence-electron chi connectivity index (χ3n) is 14.0. The molecule has 0 rings (SSSR count). The van der Waals surface area contributed by atoms with Crippen LogP contribution in [0.5, 0.6) is 0 Å². The summed E-state index contributed by atoms with van der Waals surface area (Å²) in [7, 11) is 0. The van der Waals surface area contributed by atoms with Crippen LogP contribution in [0.2, 0.25) is 0 Å². The highest BCUT2D eigenvalue weighted by Crippen LogP contribution is 2.17. The SMILES string of the molecule is CC/C=C\C/C=C\C/C=C\CCCCCCCC(=O)OC(COC(=O)CCCCCCC/C=C\CCCC)COC(=O)CCCCCCCCCCCCCCCCCCC/C=C\CCCCCCCCCC. The van der Waals surface area contributed by atoms with E-state index in [0.29, 0.717) is 19.3 Å². The minimum atomic E-state index is -0.785. The summed E-state index contributed by atoms with van der Waals surface area (Å²) in [5.74, 6) is -0.896. The van der Waals surface area contributed by atoms with Crippen molar-refractivity contribution < 1.29 is 28.6 Å². The van der Waals surface area contributed by atoms with Gasteiger partial charge < -0.3 is 14.2 Å². The third kappa shape index (κ3) is 59.9. The van der Waals surface area contributed by atoms with Gasteiger partial charge in [-0.15, -0.1) is 0 Å². The van der Waals surface area contributed by atoms with Gasteiger partial charge in [-0.3, -0.25) is 14.4 Å². The average Bonchev–Trinajstić information content (AvgIpc) is 3.39. The van der Waals surface area contributed by atoms with Gasteiger partial charge in [0.2, 0.25) is 0 Å². The highest BCUT2D eigenvalue weighted by Gasteiger charge is 2.19. The monoisotopic (exact) mass is 1020 g/mol. The lowest BCUT2D eigenvalue weighted by Crippen LogP contribution is -2.30. The van der Waals surface area contributed by atoms with Crippen molar-refractivity contribution in [3.8, 4) is 0 Å². The lowest BCUT2D eigenvalue weighted by atomic mass is 10.0. The van der Waals surface area contributed by atoms with Crippen LogP contribution in [0.25, 0.3) is 0 Å². The fraction of sp³-hybridized carbons (Fsp3) is 0.806. The van der Waals surface area contributed by atoms with Crippen molar-refractivity contribution in [2.45, 2.75) is 335 Å². The Kier molecular flexibility index (Phi) is 59.2. The number of ether oxygens (including phenoxy) is 3. The Morgan fingerprint density at radius 1 is 0.288 bits per heavy atom. The predicted molar refractivity (Wildman–Crippen MR) is 316 cm³/mol. The van der Waals surface area contributed by atoms with Gasteiger partial charge in [0.05, 0.1) is 0 Å². The van der Waals surface area contributed by atoms with E-state index in [4.69, 9.17) is 14.2 Å². The van der Waals surface area contributed by atoms with E-state index in [0.717, 1.165) is 103 Å². The molecule has 0 aromatic rings. The third-order valence-corrected chi connectivity index (χ3v) is 14.0. The molecule has 0 saturated carbocycles. The molecule has 0 saturated heterocycles.